The van der Waals surface area contributed by atoms with Crippen LogP contribution in [0.5, 0.6) is 17.2 Å². The van der Waals surface area contributed by atoms with Gasteiger partial charge in [-0.25, -0.2) is 12.8 Å². The number of para-hydroxylation sites is 2. The van der Waals surface area contributed by atoms with E-state index < -0.39 is 21.7 Å². The molecule has 0 saturated heterocycles. The molecule has 12 heteroatoms. The smallest absolute Gasteiger partial charge is 0.261 e. The topological polar surface area (TPSA) is 115 Å². The lowest BCUT2D eigenvalue weighted by atomic mass is 10.1. The highest BCUT2D eigenvalue weighted by atomic mass is 32.2. The molecule has 9 nitrogen and oxygen atoms in total. The van der Waals surface area contributed by atoms with E-state index in [0.717, 1.165) is 24.3 Å². The van der Waals surface area contributed by atoms with Crippen molar-refractivity contribution in [2.24, 2.45) is 0 Å². The van der Waals surface area contributed by atoms with Gasteiger partial charge in [0.1, 0.15) is 5.82 Å². The summed E-state index contributed by atoms with van der Waals surface area (Å²) in [5.41, 5.74) is 0.642. The zero-order valence-corrected chi connectivity index (χ0v) is 20.6. The number of carbonyl (C=O) groups is 1. The number of rotatable bonds is 8. The summed E-state index contributed by atoms with van der Waals surface area (Å²) in [5, 5.41) is 5.24. The van der Waals surface area contributed by atoms with E-state index in [1.54, 1.807) is 18.2 Å². The number of anilines is 2. The molecule has 0 aliphatic carbocycles. The predicted molar refractivity (Wildman–Crippen MR) is 133 cm³/mol. The molecular formula is C23H22FN3O6S2. The Hall–Kier alpha value is -3.90. The van der Waals surface area contributed by atoms with Crippen LogP contribution < -0.4 is 29.6 Å². The molecule has 0 aliphatic heterocycles. The molecule has 3 N–H and O–H groups in total. The largest absolute Gasteiger partial charge is 0.493 e. The molecule has 0 heterocycles. The number of nitrogens with one attached hydrogen (secondary N) is 3. The minimum atomic E-state index is -4.00. The first kappa shape index (κ1) is 25.7. The Labute approximate surface area is 207 Å². The third kappa shape index (κ3) is 6.16. The molecule has 0 bridgehead atoms. The molecule has 0 fully saturated rings. The van der Waals surface area contributed by atoms with Crippen LogP contribution in [0, 0.1) is 5.82 Å². The van der Waals surface area contributed by atoms with Crippen LogP contribution in [0.15, 0.2) is 65.6 Å². The van der Waals surface area contributed by atoms with Crippen molar-refractivity contribution in [3.8, 4) is 17.2 Å². The number of carbonyl (C=O) groups excluding carboxylic acids is 1. The van der Waals surface area contributed by atoms with E-state index >= 15 is 0 Å². The van der Waals surface area contributed by atoms with Gasteiger partial charge in [0.05, 0.1) is 37.6 Å². The summed E-state index contributed by atoms with van der Waals surface area (Å²) in [4.78, 5) is 12.7. The maximum atomic E-state index is 13.2. The molecule has 35 heavy (non-hydrogen) atoms. The highest BCUT2D eigenvalue weighted by molar-refractivity contribution is 7.92. The summed E-state index contributed by atoms with van der Waals surface area (Å²) in [7, 11) is 0.293. The number of ether oxygens (including phenoxy) is 3. The van der Waals surface area contributed by atoms with Gasteiger partial charge < -0.3 is 19.5 Å². The van der Waals surface area contributed by atoms with E-state index in [9.17, 15) is 17.6 Å². The number of thiocarbonyl (C=S) groups is 1. The fraction of sp³-hybridized carbons (Fsp3) is 0.130. The molecular weight excluding hydrogens is 497 g/mol. The number of hydrogen-bond acceptors (Lipinski definition) is 7. The standard InChI is InChI=1S/C23H22FN3O6S2/c1-31-19-12-14(13-20(32-2)21(19)33-3)22(28)26-23(34)25-17-6-4-5-7-18(17)27-35(29,30)16-10-8-15(24)9-11-16/h4-13,27H,1-3H3,(H2,25,26,28,34). The van der Waals surface area contributed by atoms with Crippen LogP contribution in [0.2, 0.25) is 0 Å². The Morgan fingerprint density at radius 3 is 2.00 bits per heavy atom. The van der Waals surface area contributed by atoms with E-state index in [1.807, 2.05) is 0 Å². The molecule has 0 aliphatic rings. The number of hydrogen-bond donors (Lipinski definition) is 3. The third-order valence-corrected chi connectivity index (χ3v) is 6.28. The lowest BCUT2D eigenvalue weighted by Crippen LogP contribution is -2.34. The monoisotopic (exact) mass is 519 g/mol. The maximum absolute atomic E-state index is 13.2. The van der Waals surface area contributed by atoms with Crippen molar-refractivity contribution in [3.05, 3.63) is 72.0 Å². The van der Waals surface area contributed by atoms with Crippen LogP contribution in [-0.2, 0) is 10.0 Å². The second kappa shape index (κ2) is 11.0. The molecule has 0 unspecified atom stereocenters. The van der Waals surface area contributed by atoms with Crippen LogP contribution in [0.25, 0.3) is 0 Å². The van der Waals surface area contributed by atoms with Crippen molar-refractivity contribution in [2.75, 3.05) is 31.4 Å². The lowest BCUT2D eigenvalue weighted by molar-refractivity contribution is 0.0977. The Morgan fingerprint density at radius 1 is 0.886 bits per heavy atom. The summed E-state index contributed by atoms with van der Waals surface area (Å²) in [6, 6.07) is 13.7. The fourth-order valence-electron chi connectivity index (χ4n) is 3.04. The molecule has 184 valence electrons. The van der Waals surface area contributed by atoms with Crippen LogP contribution in [0.4, 0.5) is 15.8 Å². The predicted octanol–water partition coefficient (Wildman–Crippen LogP) is 3.78. The highest BCUT2D eigenvalue weighted by Crippen LogP contribution is 2.38. The molecule has 0 radical (unpaired) electrons. The van der Waals surface area contributed by atoms with Gasteiger partial charge in [0.15, 0.2) is 16.6 Å². The van der Waals surface area contributed by atoms with Crippen molar-refractivity contribution < 1.29 is 31.8 Å². The van der Waals surface area contributed by atoms with E-state index in [0.29, 0.717) is 5.75 Å². The summed E-state index contributed by atoms with van der Waals surface area (Å²) in [6.45, 7) is 0. The van der Waals surface area contributed by atoms with Crippen LogP contribution in [0.1, 0.15) is 10.4 Å². The van der Waals surface area contributed by atoms with Gasteiger partial charge in [-0.2, -0.15) is 0 Å². The number of methoxy groups -OCH3 is 3. The van der Waals surface area contributed by atoms with Crippen LogP contribution >= 0.6 is 12.2 Å². The molecule has 0 saturated carbocycles. The molecule has 0 spiro atoms. The van der Waals surface area contributed by atoms with Crippen molar-refractivity contribution in [3.63, 3.8) is 0 Å². The average Bonchev–Trinajstić information content (AvgIpc) is 2.84. The normalized spacial score (nSPS) is 10.7. The van der Waals surface area contributed by atoms with E-state index in [1.165, 1.54) is 39.5 Å². The van der Waals surface area contributed by atoms with Crippen molar-refractivity contribution in [2.45, 2.75) is 4.90 Å². The fourth-order valence-corrected chi connectivity index (χ4v) is 4.32. The maximum Gasteiger partial charge on any atom is 0.261 e. The average molecular weight is 520 g/mol. The van der Waals surface area contributed by atoms with Crippen molar-refractivity contribution in [1.29, 1.82) is 0 Å². The molecule has 3 aromatic rings. The lowest BCUT2D eigenvalue weighted by Gasteiger charge is -2.16. The number of benzene rings is 3. The molecule has 3 aromatic carbocycles. The Balaban J connectivity index is 1.77. The van der Waals surface area contributed by atoms with Crippen molar-refractivity contribution in [1.82, 2.24) is 5.32 Å². The molecule has 0 aromatic heterocycles. The first-order valence-electron chi connectivity index (χ1n) is 9.98. The zero-order chi connectivity index (χ0) is 25.6. The Kier molecular flexibility index (Phi) is 8.10. The minimum Gasteiger partial charge on any atom is -0.493 e. The van der Waals surface area contributed by atoms with Gasteiger partial charge in [0.2, 0.25) is 5.75 Å². The van der Waals surface area contributed by atoms with Crippen molar-refractivity contribution >= 4 is 44.6 Å². The minimum absolute atomic E-state index is 0.0859. The Bertz CT molecular complexity index is 1320. The second-order valence-electron chi connectivity index (χ2n) is 6.93. The van der Waals surface area contributed by atoms with Crippen LogP contribution in [0.3, 0.4) is 0 Å². The second-order valence-corrected chi connectivity index (χ2v) is 9.02. The SMILES string of the molecule is COc1cc(C(=O)NC(=S)Nc2ccccc2NS(=O)(=O)c2ccc(F)cc2)cc(OC)c1OC. The molecule has 1 amide bonds. The van der Waals surface area contributed by atoms with Gasteiger partial charge in [-0.05, 0) is 60.7 Å². The van der Waals surface area contributed by atoms with Gasteiger partial charge in [-0.1, -0.05) is 12.1 Å². The highest BCUT2D eigenvalue weighted by Gasteiger charge is 2.19. The molecule has 3 rings (SSSR count). The summed E-state index contributed by atoms with van der Waals surface area (Å²) < 4.78 is 56.7. The van der Waals surface area contributed by atoms with Gasteiger partial charge in [0.25, 0.3) is 15.9 Å². The molecule has 0 atom stereocenters. The van der Waals surface area contributed by atoms with Gasteiger partial charge in [-0.3, -0.25) is 14.8 Å². The van der Waals surface area contributed by atoms with E-state index in [4.69, 9.17) is 26.4 Å². The zero-order valence-electron chi connectivity index (χ0n) is 18.9. The number of halogens is 1. The number of amides is 1. The summed E-state index contributed by atoms with van der Waals surface area (Å²) >= 11 is 5.24. The van der Waals surface area contributed by atoms with Gasteiger partial charge >= 0.3 is 0 Å². The van der Waals surface area contributed by atoms with Gasteiger partial charge in [0, 0.05) is 5.56 Å². The van der Waals surface area contributed by atoms with E-state index in [-0.39, 0.29) is 38.4 Å². The first-order valence-corrected chi connectivity index (χ1v) is 11.9. The van der Waals surface area contributed by atoms with Gasteiger partial charge in [-0.15, -0.1) is 0 Å². The first-order chi connectivity index (χ1) is 16.7. The Morgan fingerprint density at radius 2 is 1.46 bits per heavy atom. The third-order valence-electron chi connectivity index (χ3n) is 4.70. The summed E-state index contributed by atoms with van der Waals surface area (Å²) in [6.07, 6.45) is 0. The summed E-state index contributed by atoms with van der Waals surface area (Å²) in [5.74, 6) is -0.215. The van der Waals surface area contributed by atoms with Crippen LogP contribution in [-0.4, -0.2) is 40.8 Å². The quantitative estimate of drug-likeness (QED) is 0.385. The number of sulfonamides is 1. The van der Waals surface area contributed by atoms with E-state index in [2.05, 4.69) is 15.4 Å².